The number of aromatic nitrogens is 4. The van der Waals surface area contributed by atoms with Gasteiger partial charge in [0, 0.05) is 6.42 Å². The summed E-state index contributed by atoms with van der Waals surface area (Å²) in [5, 5.41) is 19.1. The molecule has 0 unspecified atom stereocenters. The van der Waals surface area contributed by atoms with Gasteiger partial charge in [0.15, 0.2) is 0 Å². The summed E-state index contributed by atoms with van der Waals surface area (Å²) in [5.41, 5.74) is 1.51. The first-order chi connectivity index (χ1) is 13.8. The number of hydrogen-bond donors (Lipinski definition) is 1. The van der Waals surface area contributed by atoms with Crippen molar-refractivity contribution in [2.24, 2.45) is 0 Å². The van der Waals surface area contributed by atoms with Crippen molar-refractivity contribution in [3.8, 4) is 11.4 Å². The van der Waals surface area contributed by atoms with Crippen LogP contribution in [0.25, 0.3) is 5.69 Å². The number of tetrazole rings is 1. The van der Waals surface area contributed by atoms with Gasteiger partial charge in [-0.1, -0.05) is 24.3 Å². The number of carboxylic acids is 1. The van der Waals surface area contributed by atoms with E-state index in [1.54, 1.807) is 24.3 Å². The Morgan fingerprint density at radius 3 is 2.66 bits per heavy atom. The number of benzene rings is 2. The summed E-state index contributed by atoms with van der Waals surface area (Å²) in [6.07, 6.45) is -2.69. The third-order valence-electron chi connectivity index (χ3n) is 4.41. The van der Waals surface area contributed by atoms with E-state index in [9.17, 15) is 23.1 Å². The first-order valence-electron chi connectivity index (χ1n) is 8.79. The molecule has 0 bridgehead atoms. The Bertz CT molecular complexity index is 1060. The summed E-state index contributed by atoms with van der Waals surface area (Å²) >= 11 is 0. The number of hydrogen-bond acceptors (Lipinski definition) is 5. The fraction of sp³-hybridized carbons (Fsp3) is 0.263. The molecule has 7 nitrogen and oxygen atoms in total. The van der Waals surface area contributed by atoms with Crippen molar-refractivity contribution in [1.82, 2.24) is 20.2 Å². The minimum atomic E-state index is -4.69. The molecule has 0 radical (unpaired) electrons. The molecule has 1 saturated carbocycles. The lowest BCUT2D eigenvalue weighted by molar-refractivity contribution is -0.146. The van der Waals surface area contributed by atoms with Crippen LogP contribution in [0.5, 0.6) is 5.75 Å². The standard InChI is InChI=1S/C19H15F3N4O3/c20-19(21,22)18-23-24-25-26(18)13-5-1-3-11(10-13)9-12-4-2-6-15(17(27)28)16(12)29-14-7-8-14/h1-6,10,14H,7-9H2,(H,27,28). The summed E-state index contributed by atoms with van der Waals surface area (Å²) < 4.78 is 45.7. The number of carboxylic acid groups (broad SMARTS) is 1. The molecule has 0 aliphatic heterocycles. The van der Waals surface area contributed by atoms with Crippen molar-refractivity contribution < 1.29 is 27.8 Å². The number of aromatic carboxylic acids is 1. The molecule has 0 spiro atoms. The highest BCUT2D eigenvalue weighted by molar-refractivity contribution is 5.91. The Hall–Kier alpha value is -3.43. The summed E-state index contributed by atoms with van der Waals surface area (Å²) in [5.74, 6) is -2.02. The zero-order valence-electron chi connectivity index (χ0n) is 14.9. The highest BCUT2D eigenvalue weighted by atomic mass is 19.4. The number of ether oxygens (including phenoxy) is 1. The molecule has 150 valence electrons. The van der Waals surface area contributed by atoms with E-state index in [0.717, 1.165) is 12.8 Å². The first-order valence-corrected chi connectivity index (χ1v) is 8.79. The van der Waals surface area contributed by atoms with Gasteiger partial charge in [-0.05, 0) is 52.6 Å². The van der Waals surface area contributed by atoms with E-state index >= 15 is 0 Å². The Labute approximate surface area is 162 Å². The van der Waals surface area contributed by atoms with Gasteiger partial charge in [0.25, 0.3) is 5.82 Å². The van der Waals surface area contributed by atoms with Gasteiger partial charge < -0.3 is 9.84 Å². The van der Waals surface area contributed by atoms with Crippen LogP contribution in [0.1, 0.15) is 40.2 Å². The van der Waals surface area contributed by atoms with Crippen molar-refractivity contribution in [3.63, 3.8) is 0 Å². The van der Waals surface area contributed by atoms with E-state index in [2.05, 4.69) is 15.5 Å². The Kier molecular flexibility index (Phi) is 4.69. The van der Waals surface area contributed by atoms with E-state index in [4.69, 9.17) is 4.74 Å². The van der Waals surface area contributed by atoms with Crippen LogP contribution in [-0.2, 0) is 12.6 Å². The average Bonchev–Trinajstić information content (AvgIpc) is 3.33. The maximum atomic E-state index is 13.1. The van der Waals surface area contributed by atoms with Gasteiger partial charge in [0.2, 0.25) is 0 Å². The molecule has 1 fully saturated rings. The van der Waals surface area contributed by atoms with E-state index in [1.165, 1.54) is 18.2 Å². The zero-order valence-corrected chi connectivity index (χ0v) is 14.9. The van der Waals surface area contributed by atoms with Crippen molar-refractivity contribution in [2.75, 3.05) is 0 Å². The second-order valence-corrected chi connectivity index (χ2v) is 6.67. The Balaban J connectivity index is 1.68. The van der Waals surface area contributed by atoms with Crippen LogP contribution in [0.3, 0.4) is 0 Å². The van der Waals surface area contributed by atoms with Gasteiger partial charge in [-0.3, -0.25) is 0 Å². The molecule has 2 aromatic carbocycles. The van der Waals surface area contributed by atoms with Crippen LogP contribution in [0.15, 0.2) is 42.5 Å². The van der Waals surface area contributed by atoms with Gasteiger partial charge in [-0.15, -0.1) is 5.10 Å². The minimum absolute atomic E-state index is 0.00356. The number of alkyl halides is 3. The lowest BCUT2D eigenvalue weighted by Gasteiger charge is -2.14. The molecular weight excluding hydrogens is 389 g/mol. The van der Waals surface area contributed by atoms with E-state index in [-0.39, 0.29) is 23.8 Å². The van der Waals surface area contributed by atoms with Crippen LogP contribution < -0.4 is 4.74 Å². The van der Waals surface area contributed by atoms with Crippen LogP contribution >= 0.6 is 0 Å². The van der Waals surface area contributed by atoms with Crippen molar-refractivity contribution in [2.45, 2.75) is 31.5 Å². The zero-order chi connectivity index (χ0) is 20.6. The van der Waals surface area contributed by atoms with Crippen molar-refractivity contribution in [3.05, 3.63) is 65.0 Å². The Morgan fingerprint density at radius 2 is 1.97 bits per heavy atom. The fourth-order valence-corrected chi connectivity index (χ4v) is 2.94. The maximum absolute atomic E-state index is 13.1. The topological polar surface area (TPSA) is 90.1 Å². The van der Waals surface area contributed by atoms with Crippen molar-refractivity contribution in [1.29, 1.82) is 0 Å². The van der Waals surface area contributed by atoms with Crippen molar-refractivity contribution >= 4 is 5.97 Å². The summed E-state index contributed by atoms with van der Waals surface area (Å²) in [6.45, 7) is 0. The van der Waals surface area contributed by atoms with Gasteiger partial charge in [-0.2, -0.15) is 17.9 Å². The van der Waals surface area contributed by atoms with E-state index < -0.39 is 18.0 Å². The molecule has 0 saturated heterocycles. The maximum Gasteiger partial charge on any atom is 0.453 e. The SMILES string of the molecule is O=C(O)c1cccc(Cc2cccc(-n3nnnc3C(F)(F)F)c2)c1OC1CC1. The molecule has 1 aliphatic carbocycles. The number of rotatable bonds is 6. The molecule has 1 aromatic heterocycles. The largest absolute Gasteiger partial charge is 0.489 e. The minimum Gasteiger partial charge on any atom is -0.489 e. The number of nitrogens with zero attached hydrogens (tertiary/aromatic N) is 4. The van der Waals surface area contributed by atoms with Crippen LogP contribution in [0.4, 0.5) is 13.2 Å². The molecule has 1 N–H and O–H groups in total. The molecule has 10 heteroatoms. The second-order valence-electron chi connectivity index (χ2n) is 6.67. The van der Waals surface area contributed by atoms with Gasteiger partial charge in [0.1, 0.15) is 11.3 Å². The van der Waals surface area contributed by atoms with Crippen LogP contribution in [0.2, 0.25) is 0 Å². The lowest BCUT2D eigenvalue weighted by Crippen LogP contribution is -2.14. The molecule has 29 heavy (non-hydrogen) atoms. The monoisotopic (exact) mass is 404 g/mol. The summed E-state index contributed by atoms with van der Waals surface area (Å²) in [4.78, 5) is 11.6. The molecule has 1 aliphatic rings. The fourth-order valence-electron chi connectivity index (χ4n) is 2.94. The number of halogens is 3. The van der Waals surface area contributed by atoms with Crippen LogP contribution in [0, 0.1) is 0 Å². The molecule has 0 amide bonds. The van der Waals surface area contributed by atoms with Crippen LogP contribution in [-0.4, -0.2) is 37.4 Å². The average molecular weight is 404 g/mol. The Morgan fingerprint density at radius 1 is 1.21 bits per heavy atom. The third kappa shape index (κ3) is 4.05. The number of para-hydroxylation sites is 1. The molecule has 0 atom stereocenters. The van der Waals surface area contributed by atoms with Gasteiger partial charge in [0.05, 0.1) is 11.8 Å². The quantitative estimate of drug-likeness (QED) is 0.676. The highest BCUT2D eigenvalue weighted by Crippen LogP contribution is 2.34. The highest BCUT2D eigenvalue weighted by Gasteiger charge is 2.38. The summed E-state index contributed by atoms with van der Waals surface area (Å²) in [6, 6.07) is 11.1. The molecule has 4 rings (SSSR count). The van der Waals surface area contributed by atoms with E-state index in [0.29, 0.717) is 21.6 Å². The molecule has 1 heterocycles. The third-order valence-corrected chi connectivity index (χ3v) is 4.41. The molecule has 3 aromatic rings. The second kappa shape index (κ2) is 7.19. The first kappa shape index (κ1) is 18.9. The lowest BCUT2D eigenvalue weighted by atomic mass is 10.0. The van der Waals surface area contributed by atoms with Gasteiger partial charge >= 0.3 is 12.1 Å². The smallest absolute Gasteiger partial charge is 0.453 e. The molecular formula is C19H15F3N4O3. The van der Waals surface area contributed by atoms with Gasteiger partial charge in [-0.25, -0.2) is 4.79 Å². The predicted molar refractivity (Wildman–Crippen MR) is 94.0 cm³/mol. The number of carbonyl (C=O) groups is 1. The summed E-state index contributed by atoms with van der Waals surface area (Å²) in [7, 11) is 0. The predicted octanol–water partition coefficient (Wildman–Crippen LogP) is 3.51. The normalized spacial score (nSPS) is 14.0. The van der Waals surface area contributed by atoms with E-state index in [1.807, 2.05) is 0 Å².